The molecule has 5 heteroatoms. The highest BCUT2D eigenvalue weighted by Gasteiger charge is 2.14. The minimum absolute atomic E-state index is 0.0503. The molecule has 1 aliphatic heterocycles. The summed E-state index contributed by atoms with van der Waals surface area (Å²) in [7, 11) is 0. The van der Waals surface area contributed by atoms with Crippen molar-refractivity contribution >= 4 is 28.6 Å². The number of aryl methyl sites for hydroxylation is 1. The first kappa shape index (κ1) is 11.0. The van der Waals surface area contributed by atoms with Gasteiger partial charge in [-0.3, -0.25) is 9.59 Å². The standard InChI is InChI=1S/C11H11ClN2O2/c12-11(16)13-6-7-1-3-9-8(5-7)2-4-10(15)14-9/h1,3,5H,2,4,6H2,(H,13,16)(H,14,15). The average Bonchev–Trinajstić information content (AvgIpc) is 2.26. The Labute approximate surface area is 98.0 Å². The minimum Gasteiger partial charge on any atom is -0.339 e. The smallest absolute Gasteiger partial charge is 0.314 e. The van der Waals surface area contributed by atoms with Gasteiger partial charge in [0.05, 0.1) is 0 Å². The SMILES string of the molecule is O=C(Cl)NCc1ccc2c(c1)CCC(=O)N2. The highest BCUT2D eigenvalue weighted by molar-refractivity contribution is 6.62. The van der Waals surface area contributed by atoms with E-state index >= 15 is 0 Å². The molecule has 16 heavy (non-hydrogen) atoms. The van der Waals surface area contributed by atoms with Crippen molar-refractivity contribution in [2.75, 3.05) is 5.32 Å². The number of hydrogen-bond donors (Lipinski definition) is 2. The van der Waals surface area contributed by atoms with E-state index in [1.54, 1.807) is 0 Å². The zero-order valence-electron chi connectivity index (χ0n) is 8.55. The van der Waals surface area contributed by atoms with Gasteiger partial charge in [-0.2, -0.15) is 0 Å². The molecule has 0 unspecified atom stereocenters. The van der Waals surface area contributed by atoms with Crippen molar-refractivity contribution in [2.45, 2.75) is 19.4 Å². The number of carbonyl (C=O) groups is 2. The minimum atomic E-state index is -0.564. The van der Waals surface area contributed by atoms with Crippen molar-refractivity contribution in [3.8, 4) is 0 Å². The Kier molecular flexibility index (Phi) is 3.10. The van der Waals surface area contributed by atoms with Crippen LogP contribution in [0, 0.1) is 0 Å². The molecule has 0 aliphatic carbocycles. The van der Waals surface area contributed by atoms with E-state index in [0.29, 0.717) is 13.0 Å². The van der Waals surface area contributed by atoms with Gasteiger partial charge in [0.1, 0.15) is 0 Å². The van der Waals surface area contributed by atoms with E-state index in [-0.39, 0.29) is 5.91 Å². The Balaban J connectivity index is 2.13. The second kappa shape index (κ2) is 4.53. The van der Waals surface area contributed by atoms with Crippen LogP contribution in [0.5, 0.6) is 0 Å². The van der Waals surface area contributed by atoms with E-state index in [1.807, 2.05) is 18.2 Å². The van der Waals surface area contributed by atoms with E-state index < -0.39 is 5.37 Å². The van der Waals surface area contributed by atoms with Gasteiger partial charge in [0.25, 0.3) is 0 Å². The fourth-order valence-corrected chi connectivity index (χ4v) is 1.79. The van der Waals surface area contributed by atoms with Gasteiger partial charge in [-0.05, 0) is 35.2 Å². The molecule has 0 fully saturated rings. The number of halogens is 1. The van der Waals surface area contributed by atoms with Crippen molar-refractivity contribution in [1.82, 2.24) is 5.32 Å². The lowest BCUT2D eigenvalue weighted by atomic mass is 10.0. The largest absolute Gasteiger partial charge is 0.339 e. The van der Waals surface area contributed by atoms with Gasteiger partial charge in [-0.25, -0.2) is 0 Å². The summed E-state index contributed by atoms with van der Waals surface area (Å²) in [5.41, 5.74) is 2.93. The molecule has 4 nitrogen and oxygen atoms in total. The Bertz CT molecular complexity index is 446. The van der Waals surface area contributed by atoms with Crippen LogP contribution in [-0.4, -0.2) is 11.3 Å². The predicted molar refractivity (Wildman–Crippen MR) is 61.5 cm³/mol. The van der Waals surface area contributed by atoms with E-state index in [2.05, 4.69) is 10.6 Å². The second-order valence-electron chi connectivity index (χ2n) is 3.67. The molecular formula is C11H11ClN2O2. The molecule has 0 aromatic heterocycles. The lowest BCUT2D eigenvalue weighted by molar-refractivity contribution is -0.116. The van der Waals surface area contributed by atoms with Crippen molar-refractivity contribution in [2.24, 2.45) is 0 Å². The maximum absolute atomic E-state index is 11.1. The van der Waals surface area contributed by atoms with Gasteiger partial charge in [-0.15, -0.1) is 0 Å². The Morgan fingerprint density at radius 2 is 2.25 bits per heavy atom. The lowest BCUT2D eigenvalue weighted by Crippen LogP contribution is -2.20. The van der Waals surface area contributed by atoms with Crippen molar-refractivity contribution in [3.63, 3.8) is 0 Å². The summed E-state index contributed by atoms with van der Waals surface area (Å²) in [6.07, 6.45) is 1.25. The summed E-state index contributed by atoms with van der Waals surface area (Å²) in [6, 6.07) is 5.68. The van der Waals surface area contributed by atoms with Crippen LogP contribution < -0.4 is 10.6 Å². The molecule has 1 heterocycles. The van der Waals surface area contributed by atoms with E-state index in [1.165, 1.54) is 0 Å². The van der Waals surface area contributed by atoms with Crippen LogP contribution in [0.1, 0.15) is 17.5 Å². The molecule has 1 aromatic rings. The predicted octanol–water partition coefficient (Wildman–Crippen LogP) is 2.02. The van der Waals surface area contributed by atoms with Gasteiger partial charge in [0.2, 0.25) is 5.91 Å². The topological polar surface area (TPSA) is 58.2 Å². The number of rotatable bonds is 2. The fraction of sp³-hybridized carbons (Fsp3) is 0.273. The third-order valence-corrected chi connectivity index (χ3v) is 2.63. The summed E-state index contributed by atoms with van der Waals surface area (Å²) in [4.78, 5) is 21.7. The summed E-state index contributed by atoms with van der Waals surface area (Å²) in [6.45, 7) is 0.406. The lowest BCUT2D eigenvalue weighted by Gasteiger charge is -2.17. The summed E-state index contributed by atoms with van der Waals surface area (Å²) in [5.74, 6) is 0.0503. The molecule has 1 aliphatic rings. The van der Waals surface area contributed by atoms with Crippen LogP contribution in [0.15, 0.2) is 18.2 Å². The first-order valence-corrected chi connectivity index (χ1v) is 5.38. The first-order valence-electron chi connectivity index (χ1n) is 5.00. The van der Waals surface area contributed by atoms with Crippen LogP contribution in [0.25, 0.3) is 0 Å². The highest BCUT2D eigenvalue weighted by atomic mass is 35.5. The molecule has 1 aromatic carbocycles. The molecule has 84 valence electrons. The maximum atomic E-state index is 11.1. The van der Waals surface area contributed by atoms with Crippen LogP contribution in [0.3, 0.4) is 0 Å². The molecule has 0 spiro atoms. The Hall–Kier alpha value is -1.55. The monoisotopic (exact) mass is 238 g/mol. The van der Waals surface area contributed by atoms with Crippen LogP contribution in [-0.2, 0) is 17.8 Å². The Morgan fingerprint density at radius 3 is 3.00 bits per heavy atom. The summed E-state index contributed by atoms with van der Waals surface area (Å²) in [5, 5.41) is 4.75. The van der Waals surface area contributed by atoms with E-state index in [9.17, 15) is 9.59 Å². The van der Waals surface area contributed by atoms with Crippen molar-refractivity contribution in [1.29, 1.82) is 0 Å². The first-order chi connectivity index (χ1) is 7.65. The molecule has 0 atom stereocenters. The number of carbonyl (C=O) groups excluding carboxylic acids is 2. The highest BCUT2D eigenvalue weighted by Crippen LogP contribution is 2.23. The van der Waals surface area contributed by atoms with Gasteiger partial charge >= 0.3 is 5.37 Å². The summed E-state index contributed by atoms with van der Waals surface area (Å²) < 4.78 is 0. The average molecular weight is 239 g/mol. The zero-order valence-corrected chi connectivity index (χ0v) is 9.30. The molecule has 0 saturated carbocycles. The van der Waals surface area contributed by atoms with Crippen LogP contribution in [0.2, 0.25) is 0 Å². The quantitative estimate of drug-likeness (QED) is 0.612. The van der Waals surface area contributed by atoms with Crippen LogP contribution >= 0.6 is 11.6 Å². The number of fused-ring (bicyclic) bond motifs is 1. The van der Waals surface area contributed by atoms with Gasteiger partial charge in [-0.1, -0.05) is 12.1 Å². The van der Waals surface area contributed by atoms with Gasteiger partial charge in [0, 0.05) is 18.7 Å². The number of nitrogens with one attached hydrogen (secondary N) is 2. The van der Waals surface area contributed by atoms with Gasteiger partial charge < -0.3 is 10.6 Å². The molecule has 0 saturated heterocycles. The Morgan fingerprint density at radius 1 is 1.44 bits per heavy atom. The molecule has 2 rings (SSSR count). The number of hydrogen-bond acceptors (Lipinski definition) is 2. The molecular weight excluding hydrogens is 228 g/mol. The van der Waals surface area contributed by atoms with Crippen molar-refractivity contribution in [3.05, 3.63) is 29.3 Å². The maximum Gasteiger partial charge on any atom is 0.314 e. The van der Waals surface area contributed by atoms with E-state index in [4.69, 9.17) is 11.6 Å². The van der Waals surface area contributed by atoms with E-state index in [0.717, 1.165) is 23.2 Å². The molecule has 2 amide bonds. The number of anilines is 1. The molecule has 0 radical (unpaired) electrons. The second-order valence-corrected chi connectivity index (χ2v) is 4.01. The third-order valence-electron chi connectivity index (χ3n) is 2.50. The number of amides is 2. The molecule has 2 N–H and O–H groups in total. The van der Waals surface area contributed by atoms with Crippen LogP contribution in [0.4, 0.5) is 10.5 Å². The number of benzene rings is 1. The normalized spacial score (nSPS) is 13.9. The van der Waals surface area contributed by atoms with Gasteiger partial charge in [0.15, 0.2) is 0 Å². The summed E-state index contributed by atoms with van der Waals surface area (Å²) >= 11 is 5.18. The zero-order chi connectivity index (χ0) is 11.5. The third kappa shape index (κ3) is 2.52. The molecule has 0 bridgehead atoms. The fourth-order valence-electron chi connectivity index (χ4n) is 1.72. The van der Waals surface area contributed by atoms with Crippen molar-refractivity contribution < 1.29 is 9.59 Å².